The molecule has 1 aliphatic heterocycles. The number of imidazole rings is 1. The zero-order chi connectivity index (χ0) is 16.4. The molecule has 0 saturated carbocycles. The fraction of sp³-hybridized carbons (Fsp3) is 0.444. The highest BCUT2D eigenvalue weighted by Gasteiger charge is 2.27. The molecule has 1 aromatic carbocycles. The van der Waals surface area contributed by atoms with Crippen molar-refractivity contribution in [3.63, 3.8) is 0 Å². The van der Waals surface area contributed by atoms with E-state index in [1.54, 1.807) is 12.3 Å². The first-order valence-electron chi connectivity index (χ1n) is 8.18. The highest BCUT2D eigenvalue weighted by molar-refractivity contribution is 5.77. The van der Waals surface area contributed by atoms with Crippen molar-refractivity contribution in [3.05, 3.63) is 53.4 Å². The van der Waals surface area contributed by atoms with E-state index < -0.39 is 0 Å². The fourth-order valence-electron chi connectivity index (χ4n) is 3.34. The number of nitrogens with zero attached hydrogens (tertiary/aromatic N) is 3. The standard InChI is InChI=1S/C18H22FN3O/c1-3-17-20-8-11-21(17)9-7-18(23)22-10-6-14-4-5-15(19)12-16(14)13(22)2/h4-5,8,11-13H,3,6-7,9-10H2,1-2H3/t13-/m1/s1. The summed E-state index contributed by atoms with van der Waals surface area (Å²) in [6.07, 6.45) is 5.77. The van der Waals surface area contributed by atoms with Crippen molar-refractivity contribution in [2.75, 3.05) is 6.54 Å². The SMILES string of the molecule is CCc1nccn1CCC(=O)N1CCc2ccc(F)cc2[C@H]1C. The van der Waals surface area contributed by atoms with Gasteiger partial charge in [-0.2, -0.15) is 0 Å². The Bertz CT molecular complexity index is 710. The molecular weight excluding hydrogens is 293 g/mol. The number of aromatic nitrogens is 2. The zero-order valence-corrected chi connectivity index (χ0v) is 13.6. The zero-order valence-electron chi connectivity index (χ0n) is 13.6. The van der Waals surface area contributed by atoms with Gasteiger partial charge in [0.1, 0.15) is 11.6 Å². The Kier molecular flexibility index (Phi) is 4.46. The first-order chi connectivity index (χ1) is 11.1. The molecule has 1 atom stereocenters. The molecular formula is C18H22FN3O. The number of amides is 1. The van der Waals surface area contributed by atoms with Crippen molar-refractivity contribution in [1.82, 2.24) is 14.5 Å². The Hall–Kier alpha value is -2.17. The van der Waals surface area contributed by atoms with Gasteiger partial charge in [-0.1, -0.05) is 13.0 Å². The Morgan fingerprint density at radius 3 is 3.04 bits per heavy atom. The average molecular weight is 315 g/mol. The molecule has 4 nitrogen and oxygen atoms in total. The van der Waals surface area contributed by atoms with Crippen molar-refractivity contribution in [2.24, 2.45) is 0 Å². The van der Waals surface area contributed by atoms with Gasteiger partial charge in [0.25, 0.3) is 0 Å². The van der Waals surface area contributed by atoms with Crippen LogP contribution in [-0.4, -0.2) is 26.9 Å². The third-order valence-electron chi connectivity index (χ3n) is 4.65. The van der Waals surface area contributed by atoms with Crippen LogP contribution in [0.3, 0.4) is 0 Å². The van der Waals surface area contributed by atoms with Crippen LogP contribution in [0.25, 0.3) is 0 Å². The van der Waals surface area contributed by atoms with Gasteiger partial charge in [0, 0.05) is 38.3 Å². The molecule has 23 heavy (non-hydrogen) atoms. The minimum atomic E-state index is -0.240. The molecule has 0 bridgehead atoms. The summed E-state index contributed by atoms with van der Waals surface area (Å²) in [6, 6.07) is 4.82. The molecule has 1 aliphatic rings. The highest BCUT2D eigenvalue weighted by Crippen LogP contribution is 2.30. The molecule has 3 rings (SSSR count). The second-order valence-electron chi connectivity index (χ2n) is 6.00. The predicted octanol–water partition coefficient (Wildman–Crippen LogP) is 3.12. The van der Waals surface area contributed by atoms with Crippen LogP contribution in [0.1, 0.15) is 43.3 Å². The van der Waals surface area contributed by atoms with Crippen molar-refractivity contribution in [3.8, 4) is 0 Å². The van der Waals surface area contributed by atoms with E-state index in [0.717, 1.165) is 29.8 Å². The predicted molar refractivity (Wildman–Crippen MR) is 86.5 cm³/mol. The van der Waals surface area contributed by atoms with Crippen molar-refractivity contribution in [2.45, 2.75) is 45.7 Å². The lowest BCUT2D eigenvalue weighted by Crippen LogP contribution is -2.39. The molecule has 0 spiro atoms. The maximum Gasteiger partial charge on any atom is 0.224 e. The molecule has 0 N–H and O–H groups in total. The summed E-state index contributed by atoms with van der Waals surface area (Å²) >= 11 is 0. The van der Waals surface area contributed by atoms with Gasteiger partial charge in [-0.05, 0) is 36.6 Å². The normalized spacial score (nSPS) is 17.2. The Morgan fingerprint density at radius 2 is 2.26 bits per heavy atom. The van der Waals surface area contributed by atoms with Crippen LogP contribution in [0.2, 0.25) is 0 Å². The molecule has 122 valence electrons. The van der Waals surface area contributed by atoms with Crippen LogP contribution in [0, 0.1) is 5.82 Å². The third kappa shape index (κ3) is 3.14. The van der Waals surface area contributed by atoms with Crippen LogP contribution >= 0.6 is 0 Å². The lowest BCUT2D eigenvalue weighted by atomic mass is 9.93. The molecule has 2 heterocycles. The average Bonchev–Trinajstić information content (AvgIpc) is 3.01. The number of halogens is 1. The van der Waals surface area contributed by atoms with Crippen molar-refractivity contribution in [1.29, 1.82) is 0 Å². The van der Waals surface area contributed by atoms with E-state index in [4.69, 9.17) is 0 Å². The van der Waals surface area contributed by atoms with Crippen LogP contribution in [0.5, 0.6) is 0 Å². The fourth-order valence-corrected chi connectivity index (χ4v) is 3.34. The number of hydrogen-bond donors (Lipinski definition) is 0. The number of aryl methyl sites for hydroxylation is 2. The quantitative estimate of drug-likeness (QED) is 0.869. The summed E-state index contributed by atoms with van der Waals surface area (Å²) in [5, 5.41) is 0. The van der Waals surface area contributed by atoms with E-state index in [2.05, 4.69) is 11.9 Å². The number of hydrogen-bond acceptors (Lipinski definition) is 2. The number of rotatable bonds is 4. The van der Waals surface area contributed by atoms with E-state index in [1.165, 1.54) is 6.07 Å². The smallest absolute Gasteiger partial charge is 0.224 e. The van der Waals surface area contributed by atoms with E-state index in [1.807, 2.05) is 28.7 Å². The topological polar surface area (TPSA) is 38.1 Å². The lowest BCUT2D eigenvalue weighted by molar-refractivity contribution is -0.134. The van der Waals surface area contributed by atoms with Gasteiger partial charge in [0.2, 0.25) is 5.91 Å². The molecule has 1 aromatic heterocycles. The van der Waals surface area contributed by atoms with E-state index in [9.17, 15) is 9.18 Å². The second kappa shape index (κ2) is 6.52. The summed E-state index contributed by atoms with van der Waals surface area (Å²) in [7, 11) is 0. The second-order valence-corrected chi connectivity index (χ2v) is 6.00. The molecule has 0 radical (unpaired) electrons. The lowest BCUT2D eigenvalue weighted by Gasteiger charge is -2.35. The summed E-state index contributed by atoms with van der Waals surface area (Å²) in [5.41, 5.74) is 2.08. The van der Waals surface area contributed by atoms with Crippen LogP contribution in [0.4, 0.5) is 4.39 Å². The van der Waals surface area contributed by atoms with Gasteiger partial charge in [0.15, 0.2) is 0 Å². The third-order valence-corrected chi connectivity index (χ3v) is 4.65. The molecule has 1 amide bonds. The summed E-state index contributed by atoms with van der Waals surface area (Å²) in [6.45, 7) is 5.37. The van der Waals surface area contributed by atoms with Gasteiger partial charge in [-0.25, -0.2) is 9.37 Å². The van der Waals surface area contributed by atoms with Gasteiger partial charge in [0.05, 0.1) is 6.04 Å². The molecule has 2 aromatic rings. The van der Waals surface area contributed by atoms with E-state index >= 15 is 0 Å². The number of fused-ring (bicyclic) bond motifs is 1. The number of carbonyl (C=O) groups is 1. The molecule has 0 saturated heterocycles. The number of carbonyl (C=O) groups excluding carboxylic acids is 1. The summed E-state index contributed by atoms with van der Waals surface area (Å²) < 4.78 is 15.5. The monoisotopic (exact) mass is 315 g/mol. The van der Waals surface area contributed by atoms with Crippen LogP contribution < -0.4 is 0 Å². The Balaban J connectivity index is 1.69. The van der Waals surface area contributed by atoms with Crippen molar-refractivity contribution >= 4 is 5.91 Å². The largest absolute Gasteiger partial charge is 0.336 e. The minimum absolute atomic E-state index is 0.0737. The highest BCUT2D eigenvalue weighted by atomic mass is 19.1. The Labute approximate surface area is 135 Å². The maximum atomic E-state index is 13.5. The molecule has 0 fully saturated rings. The first-order valence-corrected chi connectivity index (χ1v) is 8.18. The first kappa shape index (κ1) is 15.7. The minimum Gasteiger partial charge on any atom is -0.336 e. The van der Waals surface area contributed by atoms with Gasteiger partial charge in [-0.15, -0.1) is 0 Å². The molecule has 0 unspecified atom stereocenters. The number of benzene rings is 1. The van der Waals surface area contributed by atoms with Crippen LogP contribution in [0.15, 0.2) is 30.6 Å². The van der Waals surface area contributed by atoms with E-state index in [-0.39, 0.29) is 17.8 Å². The van der Waals surface area contributed by atoms with Gasteiger partial charge in [-0.3, -0.25) is 4.79 Å². The van der Waals surface area contributed by atoms with Crippen LogP contribution in [-0.2, 0) is 24.2 Å². The summed E-state index contributed by atoms with van der Waals surface area (Å²) in [4.78, 5) is 18.7. The van der Waals surface area contributed by atoms with Crippen molar-refractivity contribution < 1.29 is 9.18 Å². The molecule has 5 heteroatoms. The maximum absolute atomic E-state index is 13.5. The van der Waals surface area contributed by atoms with Gasteiger partial charge < -0.3 is 9.47 Å². The van der Waals surface area contributed by atoms with Gasteiger partial charge >= 0.3 is 0 Å². The van der Waals surface area contributed by atoms with E-state index in [0.29, 0.717) is 19.5 Å². The molecule has 0 aliphatic carbocycles. The summed E-state index contributed by atoms with van der Waals surface area (Å²) in [5.74, 6) is 0.871. The Morgan fingerprint density at radius 1 is 1.43 bits per heavy atom.